The van der Waals surface area contributed by atoms with E-state index in [1.54, 1.807) is 46.2 Å². The van der Waals surface area contributed by atoms with E-state index >= 15 is 0 Å². The molecule has 2 aromatic rings. The summed E-state index contributed by atoms with van der Waals surface area (Å²) in [5.74, 6) is -2.25. The molecule has 0 unspecified atom stereocenters. The Labute approximate surface area is 438 Å². The molecule has 74 heavy (non-hydrogen) atoms. The first-order valence-corrected chi connectivity index (χ1v) is 27.9. The number of esters is 1. The Balaban J connectivity index is 1.35. The average Bonchev–Trinajstić information content (AvgIpc) is 3.81. The van der Waals surface area contributed by atoms with Crippen molar-refractivity contribution in [2.24, 2.45) is 17.8 Å². The molecule has 3 fully saturated rings. The van der Waals surface area contributed by atoms with Gasteiger partial charge in [-0.15, -0.1) is 5.10 Å². The maximum absolute atomic E-state index is 14.4. The van der Waals surface area contributed by atoms with E-state index in [2.05, 4.69) is 10.3 Å². The topological polar surface area (TPSA) is 254 Å². The summed E-state index contributed by atoms with van der Waals surface area (Å²) in [6, 6.07) is 3.10. The Kier molecular flexibility index (Phi) is 21.8. The molecule has 0 bridgehead atoms. The summed E-state index contributed by atoms with van der Waals surface area (Å²) in [7, 11) is 1.31. The average molecular weight is 1070 g/mol. The number of aliphatic hydroxyl groups excluding tert-OH is 3. The highest BCUT2D eigenvalue weighted by atomic mass is 32.2. The fourth-order valence-electron chi connectivity index (χ4n) is 11.2. The molecule has 18 atom stereocenters. The summed E-state index contributed by atoms with van der Waals surface area (Å²) in [6.07, 6.45) is -5.34. The first kappa shape index (κ1) is 61.9. The number of hydrogen-bond donors (Lipinski definition) is 5. The van der Waals surface area contributed by atoms with Crippen molar-refractivity contribution in [3.05, 3.63) is 36.2 Å². The van der Waals surface area contributed by atoms with E-state index in [9.17, 15) is 43.1 Å². The Bertz CT molecular complexity index is 2170. The third-order valence-corrected chi connectivity index (χ3v) is 17.1. The van der Waals surface area contributed by atoms with Gasteiger partial charge in [-0.1, -0.05) is 26.0 Å². The minimum absolute atomic E-state index is 0.0328. The lowest BCUT2D eigenvalue weighted by molar-refractivity contribution is -0.301. The summed E-state index contributed by atoms with van der Waals surface area (Å²) in [5.41, 5.74) is -3.68. The van der Waals surface area contributed by atoms with Crippen molar-refractivity contribution in [1.29, 1.82) is 0 Å². The van der Waals surface area contributed by atoms with Crippen LogP contribution >= 0.6 is 0 Å². The van der Waals surface area contributed by atoms with Crippen LogP contribution in [0.3, 0.4) is 0 Å². The first-order valence-electron chi connectivity index (χ1n) is 26.2. The van der Waals surface area contributed by atoms with E-state index < -0.39 is 118 Å². The predicted octanol–water partition coefficient (Wildman–Crippen LogP) is 3.32. The molecule has 22 heteroatoms. The molecule has 0 aliphatic carbocycles. The number of aryl methyl sites for hydroxylation is 1. The molecule has 3 aliphatic heterocycles. The summed E-state index contributed by atoms with van der Waals surface area (Å²) < 4.78 is 82.0. The lowest BCUT2D eigenvalue weighted by Gasteiger charge is -2.48. The maximum Gasteiger partial charge on any atom is 0.311 e. The predicted molar refractivity (Wildman–Crippen MR) is 271 cm³/mol. The lowest BCUT2D eigenvalue weighted by Crippen LogP contribution is -2.60. The smallest absolute Gasteiger partial charge is 0.311 e. The minimum Gasteiger partial charge on any atom is -0.494 e. The number of carbonyl (C=O) groups excluding carboxylic acids is 1. The zero-order chi connectivity index (χ0) is 55.1. The molecular weight excluding hydrogens is 986 g/mol. The molecule has 5 N–H and O–H groups in total. The molecule has 1 aromatic carbocycles. The zero-order valence-corrected chi connectivity index (χ0v) is 46.7. The number of aromatic nitrogens is 3. The van der Waals surface area contributed by atoms with Crippen LogP contribution in [0.15, 0.2) is 35.4 Å². The van der Waals surface area contributed by atoms with Gasteiger partial charge in [0.2, 0.25) is 9.84 Å². The Morgan fingerprint density at radius 1 is 0.986 bits per heavy atom. The van der Waals surface area contributed by atoms with Crippen molar-refractivity contribution < 1.29 is 76.3 Å². The maximum atomic E-state index is 14.4. The van der Waals surface area contributed by atoms with Gasteiger partial charge in [-0.05, 0) is 112 Å². The minimum atomic E-state index is -3.96. The van der Waals surface area contributed by atoms with Crippen molar-refractivity contribution in [3.63, 3.8) is 0 Å². The summed E-state index contributed by atoms with van der Waals surface area (Å²) in [5, 5.41) is 68.1. The molecule has 3 aliphatic rings. The second kappa shape index (κ2) is 26.1. The van der Waals surface area contributed by atoms with Crippen LogP contribution in [0.2, 0.25) is 0 Å². The van der Waals surface area contributed by atoms with Crippen LogP contribution in [0, 0.1) is 17.8 Å². The van der Waals surface area contributed by atoms with Gasteiger partial charge < -0.3 is 68.5 Å². The molecular formula is C52H88FN5O15S. The fraction of sp³-hybridized carbons (Fsp3) is 0.827. The van der Waals surface area contributed by atoms with Crippen LogP contribution in [0.1, 0.15) is 107 Å². The number of carbonyl (C=O) groups is 1. The van der Waals surface area contributed by atoms with E-state index in [-0.39, 0.29) is 42.8 Å². The van der Waals surface area contributed by atoms with Crippen molar-refractivity contribution in [2.45, 2.75) is 209 Å². The van der Waals surface area contributed by atoms with Gasteiger partial charge >= 0.3 is 5.97 Å². The van der Waals surface area contributed by atoms with Gasteiger partial charge in [-0.3, -0.25) is 9.48 Å². The standard InChI is InChI=1S/C52H88FN5O15S/c1-14-42-52(10,64)45(60)35(6)57(12)27-31(2)25-50(8,63)47(33(4)44(34(5)48(62)72-42)69-29-39-26-51(9,67-13)46(61)36(7)71-39)73-49-43(59)41(24-32(3)70-49)56(11)22-20-37-28-58(55-54-37)21-15-23-68-38-16-18-40(19-17-38)74(65,66)30-53/h16-19,28,31-36,39,41-47,49,59-61,63-64H,14-15,20-27,29-30H2,1-13H3/t31-,32-,33+,34-,35-,36+,39-,41+,42-,43-,44+,45-,46+,47-,49+,50-,51-,52-/m1/s1. The number of ether oxygens (including phenoxy) is 7. The van der Waals surface area contributed by atoms with E-state index in [0.29, 0.717) is 51.3 Å². The lowest BCUT2D eigenvalue weighted by atomic mass is 9.77. The number of cyclic esters (lactones) is 1. The van der Waals surface area contributed by atoms with Gasteiger partial charge in [0.25, 0.3) is 0 Å². The number of nitrogens with zero attached hydrogens (tertiary/aromatic N) is 5. The van der Waals surface area contributed by atoms with E-state index in [1.165, 1.54) is 38.3 Å². The van der Waals surface area contributed by atoms with Gasteiger partial charge in [0.15, 0.2) is 12.3 Å². The summed E-state index contributed by atoms with van der Waals surface area (Å²) in [6.45, 7) is 19.3. The molecule has 0 amide bonds. The number of benzene rings is 1. The highest BCUT2D eigenvalue weighted by Gasteiger charge is 2.52. The second-order valence-corrected chi connectivity index (χ2v) is 24.1. The van der Waals surface area contributed by atoms with Crippen LogP contribution < -0.4 is 4.74 Å². The van der Waals surface area contributed by atoms with Crippen LogP contribution in [0.25, 0.3) is 0 Å². The SMILES string of the molecule is CC[C@H]1OC(=O)[C@H](C)[C@@H](OC[C@H]2C[C@@](C)(OC)[C@@H](O)[C@H](C)O2)[C@H](C)[C@@H](O[C@@H]2O[C@H](C)C[C@H](N(C)CCc3cn(CCCOc4ccc(S(=O)(=O)CF)cc4)nn3)[C@H]2O)[C@](C)(O)C[C@@H](C)CN(C)[C@H](C)[C@@H](O)[C@]1(C)O. The van der Waals surface area contributed by atoms with Gasteiger partial charge in [0.1, 0.15) is 35.8 Å². The van der Waals surface area contributed by atoms with Gasteiger partial charge in [-0.25, -0.2) is 12.8 Å². The Morgan fingerprint density at radius 3 is 2.30 bits per heavy atom. The second-order valence-electron chi connectivity index (χ2n) is 22.2. The molecule has 5 rings (SSSR count). The molecule has 4 heterocycles. The number of halogens is 1. The van der Waals surface area contributed by atoms with Gasteiger partial charge in [0, 0.05) is 70.2 Å². The number of sulfone groups is 1. The number of methoxy groups -OCH3 is 1. The van der Waals surface area contributed by atoms with Gasteiger partial charge in [-0.2, -0.15) is 0 Å². The van der Waals surface area contributed by atoms with Crippen molar-refractivity contribution >= 4 is 15.8 Å². The monoisotopic (exact) mass is 1070 g/mol. The molecule has 1 aromatic heterocycles. The fourth-order valence-corrected chi connectivity index (χ4v) is 11.9. The van der Waals surface area contributed by atoms with E-state index in [1.807, 2.05) is 50.9 Å². The van der Waals surface area contributed by atoms with Crippen LogP contribution in [0.4, 0.5) is 4.39 Å². The highest BCUT2D eigenvalue weighted by Crippen LogP contribution is 2.39. The normalized spacial score (nSPS) is 38.5. The molecule has 0 radical (unpaired) electrons. The van der Waals surface area contributed by atoms with Gasteiger partial charge in [0.05, 0.1) is 71.4 Å². The van der Waals surface area contributed by atoms with Crippen LogP contribution in [-0.2, 0) is 56.0 Å². The Hall–Kier alpha value is -2.97. The van der Waals surface area contributed by atoms with Crippen molar-refractivity contribution in [1.82, 2.24) is 24.8 Å². The van der Waals surface area contributed by atoms with Crippen molar-refractivity contribution in [3.8, 4) is 5.75 Å². The van der Waals surface area contributed by atoms with E-state index in [0.717, 1.165) is 5.69 Å². The highest BCUT2D eigenvalue weighted by molar-refractivity contribution is 7.91. The van der Waals surface area contributed by atoms with Crippen LogP contribution in [-0.4, -0.2) is 208 Å². The quantitative estimate of drug-likeness (QED) is 0.106. The zero-order valence-electron chi connectivity index (χ0n) is 45.9. The van der Waals surface area contributed by atoms with Crippen LogP contribution in [0.5, 0.6) is 5.75 Å². The molecule has 20 nitrogen and oxygen atoms in total. The third kappa shape index (κ3) is 15.2. The summed E-state index contributed by atoms with van der Waals surface area (Å²) >= 11 is 0. The molecule has 3 saturated heterocycles. The van der Waals surface area contributed by atoms with E-state index in [4.69, 9.17) is 33.2 Å². The number of hydrogen-bond acceptors (Lipinski definition) is 19. The Morgan fingerprint density at radius 2 is 1.66 bits per heavy atom. The number of likely N-dealkylation sites (N-methyl/N-ethyl adjacent to an activating group) is 2. The number of aliphatic hydroxyl groups is 5. The molecule has 0 spiro atoms. The molecule has 0 saturated carbocycles. The number of rotatable bonds is 18. The van der Waals surface area contributed by atoms with Crippen molar-refractivity contribution in [2.75, 3.05) is 53.5 Å². The third-order valence-electron chi connectivity index (χ3n) is 15.8. The summed E-state index contributed by atoms with van der Waals surface area (Å²) in [4.78, 5) is 18.3. The first-order chi connectivity index (χ1) is 34.6. The molecule has 424 valence electrons. The largest absolute Gasteiger partial charge is 0.494 e. The number of alkyl halides is 1.